The first kappa shape index (κ1) is 16.1. The highest BCUT2D eigenvalue weighted by Gasteiger charge is 2.16. The standard InChI is InChI=1S/C14H9Br2FN2OS/c15-7-4-5-8(13(18)21)11(6-7)19-14(20)9-2-1-3-10(16)12(9)17/h1-6H,(H2,18,21)(H,19,20). The smallest absolute Gasteiger partial charge is 0.258 e. The molecule has 2 aromatic carbocycles. The summed E-state index contributed by atoms with van der Waals surface area (Å²) in [6.45, 7) is 0. The Bertz CT molecular complexity index is 737. The Morgan fingerprint density at radius 2 is 1.90 bits per heavy atom. The van der Waals surface area contributed by atoms with Crippen molar-refractivity contribution in [2.24, 2.45) is 5.73 Å². The molecule has 0 unspecified atom stereocenters. The molecule has 0 heterocycles. The van der Waals surface area contributed by atoms with Crippen molar-refractivity contribution in [3.63, 3.8) is 0 Å². The van der Waals surface area contributed by atoms with Crippen LogP contribution in [-0.2, 0) is 0 Å². The van der Waals surface area contributed by atoms with Crippen LogP contribution in [0.15, 0.2) is 45.3 Å². The van der Waals surface area contributed by atoms with E-state index in [1.807, 2.05) is 0 Å². The predicted octanol–water partition coefficient (Wildman–Crippen LogP) is 4.24. The second-order valence-corrected chi connectivity index (χ2v) is 6.32. The van der Waals surface area contributed by atoms with Gasteiger partial charge in [0.1, 0.15) is 10.8 Å². The van der Waals surface area contributed by atoms with Crippen LogP contribution in [0.1, 0.15) is 15.9 Å². The van der Waals surface area contributed by atoms with E-state index in [0.29, 0.717) is 11.3 Å². The summed E-state index contributed by atoms with van der Waals surface area (Å²) >= 11 is 11.3. The minimum absolute atomic E-state index is 0.0711. The predicted molar refractivity (Wildman–Crippen MR) is 92.1 cm³/mol. The zero-order valence-electron chi connectivity index (χ0n) is 10.5. The van der Waals surface area contributed by atoms with Crippen LogP contribution in [0, 0.1) is 5.82 Å². The molecule has 0 aliphatic carbocycles. The first-order valence-electron chi connectivity index (χ1n) is 5.75. The van der Waals surface area contributed by atoms with Crippen molar-refractivity contribution < 1.29 is 9.18 Å². The lowest BCUT2D eigenvalue weighted by atomic mass is 10.1. The molecule has 0 aromatic heterocycles. The number of carbonyl (C=O) groups is 1. The summed E-state index contributed by atoms with van der Waals surface area (Å²) in [5, 5.41) is 2.62. The summed E-state index contributed by atoms with van der Waals surface area (Å²) in [6, 6.07) is 9.59. The van der Waals surface area contributed by atoms with Gasteiger partial charge in [0.15, 0.2) is 0 Å². The van der Waals surface area contributed by atoms with Gasteiger partial charge in [-0.3, -0.25) is 4.79 Å². The Hall–Kier alpha value is -1.31. The highest BCUT2D eigenvalue weighted by atomic mass is 79.9. The SMILES string of the molecule is NC(=S)c1ccc(Br)cc1NC(=O)c1cccc(Br)c1F. The third-order valence-electron chi connectivity index (χ3n) is 2.69. The number of anilines is 1. The van der Waals surface area contributed by atoms with E-state index in [0.717, 1.165) is 4.47 Å². The molecule has 21 heavy (non-hydrogen) atoms. The van der Waals surface area contributed by atoms with Crippen LogP contribution in [-0.4, -0.2) is 10.9 Å². The fourth-order valence-corrected chi connectivity index (χ4v) is 2.61. The summed E-state index contributed by atoms with van der Waals surface area (Å²) in [4.78, 5) is 12.3. The third-order valence-corrected chi connectivity index (χ3v) is 4.02. The molecule has 2 aromatic rings. The van der Waals surface area contributed by atoms with Gasteiger partial charge in [0, 0.05) is 10.0 Å². The zero-order valence-corrected chi connectivity index (χ0v) is 14.5. The molecule has 108 valence electrons. The number of halogens is 3. The Kier molecular flexibility index (Phi) is 5.08. The quantitative estimate of drug-likeness (QED) is 0.714. The molecular weight excluding hydrogens is 423 g/mol. The number of hydrogen-bond acceptors (Lipinski definition) is 2. The highest BCUT2D eigenvalue weighted by molar-refractivity contribution is 9.10. The maximum atomic E-state index is 13.9. The lowest BCUT2D eigenvalue weighted by Crippen LogP contribution is -2.18. The van der Waals surface area contributed by atoms with E-state index in [2.05, 4.69) is 37.2 Å². The number of thiocarbonyl (C=S) groups is 1. The maximum absolute atomic E-state index is 13.9. The highest BCUT2D eigenvalue weighted by Crippen LogP contribution is 2.24. The van der Waals surface area contributed by atoms with Crippen LogP contribution in [0.4, 0.5) is 10.1 Å². The number of carbonyl (C=O) groups excluding carboxylic acids is 1. The van der Waals surface area contributed by atoms with E-state index < -0.39 is 11.7 Å². The lowest BCUT2D eigenvalue weighted by Gasteiger charge is -2.11. The molecule has 0 bridgehead atoms. The van der Waals surface area contributed by atoms with Crippen molar-refractivity contribution in [1.29, 1.82) is 0 Å². The van der Waals surface area contributed by atoms with Gasteiger partial charge in [-0.2, -0.15) is 0 Å². The van der Waals surface area contributed by atoms with Crippen LogP contribution in [0.5, 0.6) is 0 Å². The van der Waals surface area contributed by atoms with Crippen LogP contribution in [0.2, 0.25) is 0 Å². The van der Waals surface area contributed by atoms with Gasteiger partial charge in [-0.25, -0.2) is 4.39 Å². The first-order chi connectivity index (χ1) is 9.90. The number of amides is 1. The Labute approximate surface area is 143 Å². The Morgan fingerprint density at radius 1 is 1.19 bits per heavy atom. The lowest BCUT2D eigenvalue weighted by molar-refractivity contribution is 0.102. The average molecular weight is 432 g/mol. The van der Waals surface area contributed by atoms with Gasteiger partial charge in [0.2, 0.25) is 0 Å². The zero-order chi connectivity index (χ0) is 15.6. The molecule has 7 heteroatoms. The van der Waals surface area contributed by atoms with Crippen molar-refractivity contribution in [2.45, 2.75) is 0 Å². The monoisotopic (exact) mass is 430 g/mol. The summed E-state index contributed by atoms with van der Waals surface area (Å²) in [6.07, 6.45) is 0. The van der Waals surface area contributed by atoms with E-state index in [1.165, 1.54) is 12.1 Å². The molecule has 1 amide bonds. The van der Waals surface area contributed by atoms with Gasteiger partial charge in [0.05, 0.1) is 15.7 Å². The van der Waals surface area contributed by atoms with Crippen molar-refractivity contribution in [1.82, 2.24) is 0 Å². The average Bonchev–Trinajstić information content (AvgIpc) is 2.41. The van der Waals surface area contributed by atoms with Gasteiger partial charge in [-0.1, -0.05) is 34.2 Å². The van der Waals surface area contributed by atoms with E-state index in [4.69, 9.17) is 18.0 Å². The molecule has 0 fully saturated rings. The van der Waals surface area contributed by atoms with Crippen molar-refractivity contribution in [2.75, 3.05) is 5.32 Å². The van der Waals surface area contributed by atoms with E-state index in [9.17, 15) is 9.18 Å². The number of nitrogens with two attached hydrogens (primary N) is 1. The summed E-state index contributed by atoms with van der Waals surface area (Å²) in [5.74, 6) is -1.20. The fourth-order valence-electron chi connectivity index (χ4n) is 1.70. The molecule has 0 spiro atoms. The van der Waals surface area contributed by atoms with Crippen LogP contribution in [0.25, 0.3) is 0 Å². The molecule has 0 saturated heterocycles. The van der Waals surface area contributed by atoms with Crippen molar-refractivity contribution >= 4 is 60.7 Å². The normalized spacial score (nSPS) is 10.2. The van der Waals surface area contributed by atoms with Gasteiger partial charge in [-0.15, -0.1) is 0 Å². The summed E-state index contributed by atoms with van der Waals surface area (Å²) in [7, 11) is 0. The van der Waals surface area contributed by atoms with Gasteiger partial charge < -0.3 is 11.1 Å². The van der Waals surface area contributed by atoms with Crippen LogP contribution in [0.3, 0.4) is 0 Å². The molecule has 0 radical (unpaired) electrons. The molecule has 0 atom stereocenters. The Balaban J connectivity index is 2.38. The number of rotatable bonds is 3. The summed E-state index contributed by atoms with van der Waals surface area (Å²) in [5.41, 5.74) is 6.47. The topological polar surface area (TPSA) is 55.1 Å². The Morgan fingerprint density at radius 3 is 2.57 bits per heavy atom. The molecule has 3 N–H and O–H groups in total. The van der Waals surface area contributed by atoms with Gasteiger partial charge in [0.25, 0.3) is 5.91 Å². The number of hydrogen-bond donors (Lipinski definition) is 2. The van der Waals surface area contributed by atoms with Crippen molar-refractivity contribution in [3.05, 3.63) is 62.3 Å². The molecule has 3 nitrogen and oxygen atoms in total. The summed E-state index contributed by atoms with van der Waals surface area (Å²) < 4.78 is 14.9. The third kappa shape index (κ3) is 3.66. The van der Waals surface area contributed by atoms with Crippen LogP contribution < -0.4 is 11.1 Å². The van der Waals surface area contributed by atoms with E-state index in [1.54, 1.807) is 24.3 Å². The maximum Gasteiger partial charge on any atom is 0.258 e. The van der Waals surface area contributed by atoms with Gasteiger partial charge in [-0.05, 0) is 46.3 Å². The number of nitrogens with one attached hydrogen (secondary N) is 1. The first-order valence-corrected chi connectivity index (χ1v) is 7.74. The van der Waals surface area contributed by atoms with E-state index in [-0.39, 0.29) is 15.0 Å². The largest absolute Gasteiger partial charge is 0.389 e. The molecule has 0 aliphatic rings. The minimum atomic E-state index is -0.623. The number of benzene rings is 2. The second-order valence-electron chi connectivity index (χ2n) is 4.11. The fraction of sp³-hybridized carbons (Fsp3) is 0. The minimum Gasteiger partial charge on any atom is -0.389 e. The molecular formula is C14H9Br2FN2OS. The van der Waals surface area contributed by atoms with E-state index >= 15 is 0 Å². The van der Waals surface area contributed by atoms with Crippen LogP contribution >= 0.6 is 44.1 Å². The second kappa shape index (κ2) is 6.64. The van der Waals surface area contributed by atoms with Gasteiger partial charge >= 0.3 is 0 Å². The van der Waals surface area contributed by atoms with Crippen molar-refractivity contribution in [3.8, 4) is 0 Å². The molecule has 2 rings (SSSR count). The molecule has 0 aliphatic heterocycles. The molecule has 0 saturated carbocycles.